The van der Waals surface area contributed by atoms with Gasteiger partial charge in [0.2, 0.25) is 5.91 Å². The number of nitrogens with zero attached hydrogens (tertiary/aromatic N) is 3. The van der Waals surface area contributed by atoms with Crippen LogP contribution in [-0.4, -0.2) is 33.8 Å². The molecule has 0 aliphatic carbocycles. The minimum atomic E-state index is 0. The predicted octanol–water partition coefficient (Wildman–Crippen LogP) is 4.06. The maximum atomic E-state index is 12.6. The van der Waals surface area contributed by atoms with Crippen molar-refractivity contribution in [3.8, 4) is 11.4 Å². The van der Waals surface area contributed by atoms with Gasteiger partial charge in [-0.3, -0.25) is 4.79 Å². The van der Waals surface area contributed by atoms with Crippen molar-refractivity contribution in [3.63, 3.8) is 0 Å². The third kappa shape index (κ3) is 5.37. The standard InChI is InChI=1S/C22H31N5O.ClH/c1-16(17-9-11-23-12-10-17)14-21(28)24-19-7-5-6-18(15-19)22-26-25-20-8-3-2-4-13-27(20)22;/h5-7,15-17,23H,2-4,8-14H2,1H3,(H,24,28);1H. The van der Waals surface area contributed by atoms with Crippen molar-refractivity contribution in [1.82, 2.24) is 20.1 Å². The second-order valence-corrected chi connectivity index (χ2v) is 8.30. The molecule has 4 rings (SSSR count). The van der Waals surface area contributed by atoms with Crippen LogP contribution in [0.15, 0.2) is 24.3 Å². The number of rotatable bonds is 5. The zero-order valence-electron chi connectivity index (χ0n) is 17.2. The van der Waals surface area contributed by atoms with Gasteiger partial charge in [0.05, 0.1) is 0 Å². The number of benzene rings is 1. The van der Waals surface area contributed by atoms with E-state index < -0.39 is 0 Å². The predicted molar refractivity (Wildman–Crippen MR) is 118 cm³/mol. The van der Waals surface area contributed by atoms with Gasteiger partial charge in [0, 0.05) is 30.6 Å². The fourth-order valence-corrected chi connectivity index (χ4v) is 4.52. The van der Waals surface area contributed by atoms with E-state index in [1.165, 1.54) is 32.1 Å². The van der Waals surface area contributed by atoms with Gasteiger partial charge in [0.25, 0.3) is 0 Å². The lowest BCUT2D eigenvalue weighted by Gasteiger charge is -2.27. The molecule has 2 aliphatic rings. The zero-order valence-corrected chi connectivity index (χ0v) is 18.0. The average Bonchev–Trinajstić information content (AvgIpc) is 2.97. The Balaban J connectivity index is 0.00000240. The molecule has 1 fully saturated rings. The van der Waals surface area contributed by atoms with Crippen LogP contribution >= 0.6 is 12.4 Å². The Kier molecular flexibility index (Phi) is 7.67. The summed E-state index contributed by atoms with van der Waals surface area (Å²) in [6, 6.07) is 8.01. The molecule has 2 aromatic rings. The summed E-state index contributed by atoms with van der Waals surface area (Å²) >= 11 is 0. The fraction of sp³-hybridized carbons (Fsp3) is 0.591. The van der Waals surface area contributed by atoms with E-state index in [9.17, 15) is 4.79 Å². The van der Waals surface area contributed by atoms with E-state index in [0.29, 0.717) is 18.3 Å². The van der Waals surface area contributed by atoms with Gasteiger partial charge in [-0.25, -0.2) is 0 Å². The smallest absolute Gasteiger partial charge is 0.224 e. The second kappa shape index (κ2) is 10.2. The average molecular weight is 418 g/mol. The quantitative estimate of drug-likeness (QED) is 0.769. The summed E-state index contributed by atoms with van der Waals surface area (Å²) in [5.74, 6) is 3.15. The molecular weight excluding hydrogens is 386 g/mol. The third-order valence-corrected chi connectivity index (χ3v) is 6.21. The van der Waals surface area contributed by atoms with Gasteiger partial charge in [-0.15, -0.1) is 22.6 Å². The van der Waals surface area contributed by atoms with Crippen molar-refractivity contribution in [1.29, 1.82) is 0 Å². The molecule has 1 saturated heterocycles. The van der Waals surface area contributed by atoms with Crippen LogP contribution < -0.4 is 10.6 Å². The first kappa shape index (κ1) is 21.8. The van der Waals surface area contributed by atoms with E-state index in [0.717, 1.165) is 49.0 Å². The van der Waals surface area contributed by atoms with Gasteiger partial charge in [-0.1, -0.05) is 25.5 Å². The summed E-state index contributed by atoms with van der Waals surface area (Å²) < 4.78 is 2.24. The number of hydrogen-bond acceptors (Lipinski definition) is 4. The van der Waals surface area contributed by atoms with Crippen LogP contribution in [0.5, 0.6) is 0 Å². The summed E-state index contributed by atoms with van der Waals surface area (Å²) in [5, 5.41) is 15.3. The molecule has 1 amide bonds. The van der Waals surface area contributed by atoms with Crippen molar-refractivity contribution in [2.24, 2.45) is 11.8 Å². The van der Waals surface area contributed by atoms with Crippen molar-refractivity contribution in [3.05, 3.63) is 30.1 Å². The molecule has 0 spiro atoms. The van der Waals surface area contributed by atoms with Gasteiger partial charge >= 0.3 is 0 Å². The van der Waals surface area contributed by atoms with Gasteiger partial charge in [0.1, 0.15) is 5.82 Å². The number of hydrogen-bond donors (Lipinski definition) is 2. The maximum absolute atomic E-state index is 12.6. The Labute approximate surface area is 179 Å². The zero-order chi connectivity index (χ0) is 19.3. The Hall–Kier alpha value is -1.92. The Morgan fingerprint density at radius 1 is 1.24 bits per heavy atom. The van der Waals surface area contributed by atoms with E-state index in [1.54, 1.807) is 0 Å². The number of piperidine rings is 1. The largest absolute Gasteiger partial charge is 0.326 e. The number of nitrogens with one attached hydrogen (secondary N) is 2. The molecule has 1 aromatic heterocycles. The highest BCUT2D eigenvalue weighted by molar-refractivity contribution is 5.91. The molecular formula is C22H32ClN5O. The van der Waals surface area contributed by atoms with Crippen LogP contribution in [0.4, 0.5) is 5.69 Å². The molecule has 0 saturated carbocycles. The Bertz CT molecular complexity index is 815. The number of carbonyl (C=O) groups excluding carboxylic acids is 1. The minimum absolute atomic E-state index is 0. The van der Waals surface area contributed by atoms with E-state index in [2.05, 4.69) is 38.4 Å². The summed E-state index contributed by atoms with van der Waals surface area (Å²) in [7, 11) is 0. The van der Waals surface area contributed by atoms with Crippen LogP contribution in [0.1, 0.15) is 51.3 Å². The molecule has 29 heavy (non-hydrogen) atoms. The van der Waals surface area contributed by atoms with Gasteiger partial charge in [0.15, 0.2) is 5.82 Å². The number of aromatic nitrogens is 3. The fourth-order valence-electron chi connectivity index (χ4n) is 4.52. The molecule has 7 heteroatoms. The Morgan fingerprint density at radius 3 is 2.90 bits per heavy atom. The van der Waals surface area contributed by atoms with E-state index >= 15 is 0 Å². The highest BCUT2D eigenvalue weighted by Crippen LogP contribution is 2.27. The lowest BCUT2D eigenvalue weighted by Crippen LogP contribution is -2.32. The first-order valence-corrected chi connectivity index (χ1v) is 10.7. The van der Waals surface area contributed by atoms with Gasteiger partial charge in [-0.05, 0) is 62.7 Å². The highest BCUT2D eigenvalue weighted by atomic mass is 35.5. The number of halogens is 1. The normalized spacial score (nSPS) is 18.2. The topological polar surface area (TPSA) is 71.8 Å². The number of carbonyl (C=O) groups is 1. The Morgan fingerprint density at radius 2 is 2.07 bits per heavy atom. The molecule has 1 aromatic carbocycles. The summed E-state index contributed by atoms with van der Waals surface area (Å²) in [5.41, 5.74) is 1.86. The molecule has 0 radical (unpaired) electrons. The molecule has 2 N–H and O–H groups in total. The molecule has 0 bridgehead atoms. The first-order chi connectivity index (χ1) is 13.7. The first-order valence-electron chi connectivity index (χ1n) is 10.7. The van der Waals surface area contributed by atoms with Gasteiger partial charge in [-0.2, -0.15) is 0 Å². The molecule has 6 nitrogen and oxygen atoms in total. The van der Waals surface area contributed by atoms with Gasteiger partial charge < -0.3 is 15.2 Å². The van der Waals surface area contributed by atoms with Crippen molar-refractivity contribution in [2.75, 3.05) is 18.4 Å². The second-order valence-electron chi connectivity index (χ2n) is 8.30. The summed E-state index contributed by atoms with van der Waals surface area (Å²) in [6.45, 7) is 5.32. The van der Waals surface area contributed by atoms with Crippen LogP contribution in [0.3, 0.4) is 0 Å². The number of aryl methyl sites for hydroxylation is 1. The summed E-state index contributed by atoms with van der Waals surface area (Å²) in [4.78, 5) is 12.6. The summed E-state index contributed by atoms with van der Waals surface area (Å²) in [6.07, 6.45) is 7.51. The van der Waals surface area contributed by atoms with E-state index in [-0.39, 0.29) is 18.3 Å². The molecule has 2 aliphatic heterocycles. The number of amides is 1. The van der Waals surface area contributed by atoms with Crippen LogP contribution in [0.2, 0.25) is 0 Å². The SMILES string of the molecule is CC(CC(=O)Nc1cccc(-c2nnc3n2CCCCC3)c1)C1CCNCC1.Cl. The lowest BCUT2D eigenvalue weighted by atomic mass is 9.84. The van der Waals surface area contributed by atoms with E-state index in [1.807, 2.05) is 18.2 Å². The molecule has 3 heterocycles. The molecule has 158 valence electrons. The van der Waals surface area contributed by atoms with Crippen molar-refractivity contribution < 1.29 is 4.79 Å². The molecule has 1 unspecified atom stereocenters. The molecule has 1 atom stereocenters. The van der Waals surface area contributed by atoms with Crippen LogP contribution in [-0.2, 0) is 17.8 Å². The number of anilines is 1. The highest BCUT2D eigenvalue weighted by Gasteiger charge is 2.22. The van der Waals surface area contributed by atoms with Crippen LogP contribution in [0, 0.1) is 11.8 Å². The van der Waals surface area contributed by atoms with Crippen molar-refractivity contribution in [2.45, 2.75) is 58.4 Å². The van der Waals surface area contributed by atoms with Crippen LogP contribution in [0.25, 0.3) is 11.4 Å². The lowest BCUT2D eigenvalue weighted by molar-refractivity contribution is -0.117. The number of fused-ring (bicyclic) bond motifs is 1. The maximum Gasteiger partial charge on any atom is 0.224 e. The minimum Gasteiger partial charge on any atom is -0.326 e. The van der Waals surface area contributed by atoms with E-state index in [4.69, 9.17) is 0 Å². The third-order valence-electron chi connectivity index (χ3n) is 6.21. The van der Waals surface area contributed by atoms with Crippen molar-refractivity contribution >= 4 is 24.0 Å². The monoisotopic (exact) mass is 417 g/mol.